The van der Waals surface area contributed by atoms with E-state index in [0.29, 0.717) is 13.0 Å². The summed E-state index contributed by atoms with van der Waals surface area (Å²) in [5.41, 5.74) is 0. The predicted molar refractivity (Wildman–Crippen MR) is 58.7 cm³/mol. The Bertz CT molecular complexity index is 365. The van der Waals surface area contributed by atoms with E-state index in [1.807, 2.05) is 0 Å². The van der Waals surface area contributed by atoms with Gasteiger partial charge in [0.15, 0.2) is 0 Å². The van der Waals surface area contributed by atoms with E-state index >= 15 is 0 Å². The van der Waals surface area contributed by atoms with Crippen molar-refractivity contribution in [3.63, 3.8) is 0 Å². The first kappa shape index (κ1) is 12.1. The molecule has 16 heavy (non-hydrogen) atoms. The van der Waals surface area contributed by atoms with Gasteiger partial charge in [-0.3, -0.25) is 4.79 Å². The summed E-state index contributed by atoms with van der Waals surface area (Å²) in [7, 11) is 0. The molecule has 1 aliphatic carbocycles. The lowest BCUT2D eigenvalue weighted by atomic mass is 10.1. The van der Waals surface area contributed by atoms with Gasteiger partial charge in [-0.05, 0) is 13.3 Å². The third-order valence-electron chi connectivity index (χ3n) is 2.23. The van der Waals surface area contributed by atoms with Crippen molar-refractivity contribution in [3.05, 3.63) is 12.2 Å². The van der Waals surface area contributed by atoms with Crippen LogP contribution in [0.1, 0.15) is 13.3 Å². The fourth-order valence-electron chi connectivity index (χ4n) is 1.42. The summed E-state index contributed by atoms with van der Waals surface area (Å²) >= 11 is 0. The van der Waals surface area contributed by atoms with Gasteiger partial charge in [0.2, 0.25) is 0 Å². The minimum absolute atomic E-state index is 0.212. The number of aliphatic carboxylic acids is 1. The summed E-state index contributed by atoms with van der Waals surface area (Å²) in [4.78, 5) is 21.9. The van der Waals surface area contributed by atoms with Crippen molar-refractivity contribution >= 4 is 12.0 Å². The molecule has 0 aromatic rings. The van der Waals surface area contributed by atoms with E-state index in [1.54, 1.807) is 19.1 Å². The van der Waals surface area contributed by atoms with E-state index in [0.717, 1.165) is 0 Å². The van der Waals surface area contributed by atoms with Crippen LogP contribution < -0.4 is 10.6 Å². The lowest BCUT2D eigenvalue weighted by molar-refractivity contribution is -0.140. The maximum Gasteiger partial charge on any atom is 0.316 e. The zero-order chi connectivity index (χ0) is 12.0. The van der Waals surface area contributed by atoms with E-state index in [-0.39, 0.29) is 12.1 Å². The van der Waals surface area contributed by atoms with E-state index in [4.69, 9.17) is 5.11 Å². The van der Waals surface area contributed by atoms with E-state index in [1.165, 1.54) is 0 Å². The number of amides is 2. The SMILES string of the molecule is CC#CCNC(=O)NC1C=CC(C(=O)O)C1. The highest BCUT2D eigenvalue weighted by atomic mass is 16.4. The Balaban J connectivity index is 2.28. The molecule has 0 aromatic heterocycles. The van der Waals surface area contributed by atoms with Crippen molar-refractivity contribution in [2.24, 2.45) is 5.92 Å². The Morgan fingerprint density at radius 1 is 1.50 bits per heavy atom. The average Bonchev–Trinajstić information content (AvgIpc) is 2.66. The molecule has 2 atom stereocenters. The molecule has 1 aliphatic rings. The predicted octanol–water partition coefficient (Wildman–Crippen LogP) is 0.338. The van der Waals surface area contributed by atoms with Gasteiger partial charge in [-0.25, -0.2) is 4.79 Å². The molecular weight excluding hydrogens is 208 g/mol. The van der Waals surface area contributed by atoms with Crippen LogP contribution in [0.15, 0.2) is 12.2 Å². The summed E-state index contributed by atoms with van der Waals surface area (Å²) in [6.07, 6.45) is 3.70. The van der Waals surface area contributed by atoms with Crippen molar-refractivity contribution < 1.29 is 14.7 Å². The van der Waals surface area contributed by atoms with Crippen LogP contribution in [0.2, 0.25) is 0 Å². The summed E-state index contributed by atoms with van der Waals surface area (Å²) in [6, 6.07) is -0.542. The summed E-state index contributed by atoms with van der Waals surface area (Å²) in [5, 5.41) is 13.9. The molecule has 0 heterocycles. The van der Waals surface area contributed by atoms with Gasteiger partial charge in [0.05, 0.1) is 18.5 Å². The van der Waals surface area contributed by atoms with Gasteiger partial charge < -0.3 is 15.7 Å². The Labute approximate surface area is 93.9 Å². The summed E-state index contributed by atoms with van der Waals surface area (Å²) in [5.74, 6) is 3.99. The maximum absolute atomic E-state index is 11.3. The molecule has 5 nitrogen and oxygen atoms in total. The minimum atomic E-state index is -0.863. The molecule has 0 aliphatic heterocycles. The number of carboxylic acid groups (broad SMARTS) is 1. The minimum Gasteiger partial charge on any atom is -0.481 e. The van der Waals surface area contributed by atoms with Crippen LogP contribution in [-0.2, 0) is 4.79 Å². The zero-order valence-corrected chi connectivity index (χ0v) is 8.99. The van der Waals surface area contributed by atoms with Crippen LogP contribution in [0, 0.1) is 17.8 Å². The van der Waals surface area contributed by atoms with Gasteiger partial charge in [-0.1, -0.05) is 18.1 Å². The quantitative estimate of drug-likeness (QED) is 0.476. The smallest absolute Gasteiger partial charge is 0.316 e. The normalized spacial score (nSPS) is 22.1. The highest BCUT2D eigenvalue weighted by Crippen LogP contribution is 2.17. The molecule has 0 aromatic carbocycles. The summed E-state index contributed by atoms with van der Waals surface area (Å²) < 4.78 is 0. The first-order valence-electron chi connectivity index (χ1n) is 4.98. The average molecular weight is 222 g/mol. The molecule has 0 saturated heterocycles. The molecule has 1 rings (SSSR count). The molecule has 86 valence electrons. The monoisotopic (exact) mass is 222 g/mol. The van der Waals surface area contributed by atoms with E-state index in [9.17, 15) is 9.59 Å². The second-order valence-electron chi connectivity index (χ2n) is 3.43. The molecular formula is C11H14N2O3. The molecule has 2 unspecified atom stereocenters. The third kappa shape index (κ3) is 3.65. The molecule has 3 N–H and O–H groups in total. The molecule has 0 saturated carbocycles. The van der Waals surface area contributed by atoms with Crippen LogP contribution >= 0.6 is 0 Å². The largest absolute Gasteiger partial charge is 0.481 e. The Morgan fingerprint density at radius 2 is 2.25 bits per heavy atom. The van der Waals surface area contributed by atoms with Gasteiger partial charge in [-0.2, -0.15) is 0 Å². The van der Waals surface area contributed by atoms with Crippen LogP contribution in [0.25, 0.3) is 0 Å². The standard InChI is InChI=1S/C11H14N2O3/c1-2-3-6-12-11(16)13-9-5-4-8(7-9)10(14)15/h4-5,8-9H,6-7H2,1H3,(H,14,15)(H2,12,13,16). The number of urea groups is 1. The topological polar surface area (TPSA) is 78.4 Å². The van der Waals surface area contributed by atoms with E-state index < -0.39 is 11.9 Å². The number of nitrogens with one attached hydrogen (secondary N) is 2. The van der Waals surface area contributed by atoms with Crippen LogP contribution in [0.4, 0.5) is 4.79 Å². The fourth-order valence-corrected chi connectivity index (χ4v) is 1.42. The lowest BCUT2D eigenvalue weighted by Gasteiger charge is -2.11. The van der Waals surface area contributed by atoms with Crippen molar-refractivity contribution in [1.29, 1.82) is 0 Å². The molecule has 0 bridgehead atoms. The molecule has 2 amide bonds. The van der Waals surface area contributed by atoms with Gasteiger partial charge in [0.1, 0.15) is 0 Å². The van der Waals surface area contributed by atoms with Crippen LogP contribution in [-0.4, -0.2) is 29.7 Å². The van der Waals surface area contributed by atoms with Crippen LogP contribution in [0.3, 0.4) is 0 Å². The number of carbonyl (C=O) groups is 2. The van der Waals surface area contributed by atoms with Crippen molar-refractivity contribution in [2.45, 2.75) is 19.4 Å². The van der Waals surface area contributed by atoms with E-state index in [2.05, 4.69) is 22.5 Å². The van der Waals surface area contributed by atoms with Crippen molar-refractivity contribution in [2.75, 3.05) is 6.54 Å². The highest BCUT2D eigenvalue weighted by molar-refractivity contribution is 5.76. The fraction of sp³-hybridized carbons (Fsp3) is 0.455. The molecule has 0 spiro atoms. The van der Waals surface area contributed by atoms with Crippen LogP contribution in [0.5, 0.6) is 0 Å². The highest BCUT2D eigenvalue weighted by Gasteiger charge is 2.25. The lowest BCUT2D eigenvalue weighted by Crippen LogP contribution is -2.41. The number of carbonyl (C=O) groups excluding carboxylic acids is 1. The Morgan fingerprint density at radius 3 is 2.81 bits per heavy atom. The third-order valence-corrected chi connectivity index (χ3v) is 2.23. The first-order chi connectivity index (χ1) is 7.63. The number of rotatable bonds is 3. The summed E-state index contributed by atoms with van der Waals surface area (Å²) in [6.45, 7) is 1.98. The molecule has 5 heteroatoms. The first-order valence-corrected chi connectivity index (χ1v) is 4.98. The Kier molecular flexibility index (Phi) is 4.40. The number of hydrogen-bond acceptors (Lipinski definition) is 2. The Hall–Kier alpha value is -1.96. The number of hydrogen-bond donors (Lipinski definition) is 3. The second kappa shape index (κ2) is 5.81. The maximum atomic E-state index is 11.3. The van der Waals surface area contributed by atoms with Crippen molar-refractivity contribution in [1.82, 2.24) is 10.6 Å². The number of carboxylic acids is 1. The zero-order valence-electron chi connectivity index (χ0n) is 8.99. The molecule has 0 radical (unpaired) electrons. The van der Waals surface area contributed by atoms with Gasteiger partial charge in [-0.15, -0.1) is 5.92 Å². The molecule has 0 fully saturated rings. The van der Waals surface area contributed by atoms with Crippen molar-refractivity contribution in [3.8, 4) is 11.8 Å². The van der Waals surface area contributed by atoms with Gasteiger partial charge in [0.25, 0.3) is 0 Å². The second-order valence-corrected chi connectivity index (χ2v) is 3.43. The van der Waals surface area contributed by atoms with Gasteiger partial charge in [0, 0.05) is 0 Å². The van der Waals surface area contributed by atoms with Gasteiger partial charge >= 0.3 is 12.0 Å².